The molecule has 0 bridgehead atoms. The lowest BCUT2D eigenvalue weighted by atomic mass is 10.2. The minimum Gasteiger partial charge on any atom is -0.391 e. The Morgan fingerprint density at radius 2 is 2.20 bits per heavy atom. The largest absolute Gasteiger partial charge is 0.391 e. The van der Waals surface area contributed by atoms with E-state index in [9.17, 15) is 5.11 Å². The van der Waals surface area contributed by atoms with Crippen LogP contribution in [0.3, 0.4) is 0 Å². The van der Waals surface area contributed by atoms with Gasteiger partial charge in [-0.1, -0.05) is 0 Å². The van der Waals surface area contributed by atoms with Crippen LogP contribution in [-0.4, -0.2) is 23.9 Å². The fraction of sp³-hybridized carbons (Fsp3) is 0.600. The highest BCUT2D eigenvalue weighted by Crippen LogP contribution is 2.29. The third-order valence-corrected chi connectivity index (χ3v) is 3.90. The standard InChI is InChI=1S/C10H16BrNO2S/c1-6(13)7(2)14-8(5-12)9-3-4-10(11)15-9/h3-4,6-8,13H,5,12H2,1-2H3. The molecule has 0 spiro atoms. The zero-order valence-corrected chi connectivity index (χ0v) is 11.2. The predicted octanol–water partition coefficient (Wildman–Crippen LogP) is 2.30. The van der Waals surface area contributed by atoms with E-state index in [4.69, 9.17) is 10.5 Å². The van der Waals surface area contributed by atoms with Crippen LogP contribution in [0.5, 0.6) is 0 Å². The van der Waals surface area contributed by atoms with Gasteiger partial charge >= 0.3 is 0 Å². The maximum Gasteiger partial charge on any atom is 0.104 e. The van der Waals surface area contributed by atoms with Crippen LogP contribution >= 0.6 is 27.3 Å². The maximum absolute atomic E-state index is 9.35. The number of nitrogens with two attached hydrogens (primary N) is 1. The molecule has 5 heteroatoms. The Morgan fingerprint density at radius 1 is 1.53 bits per heavy atom. The second-order valence-electron chi connectivity index (χ2n) is 3.45. The van der Waals surface area contributed by atoms with E-state index in [2.05, 4.69) is 15.9 Å². The lowest BCUT2D eigenvalue weighted by molar-refractivity contribution is -0.0579. The van der Waals surface area contributed by atoms with Crippen molar-refractivity contribution in [3.05, 3.63) is 20.8 Å². The molecule has 0 aliphatic heterocycles. The van der Waals surface area contributed by atoms with Crippen LogP contribution in [0.1, 0.15) is 24.8 Å². The van der Waals surface area contributed by atoms with Gasteiger partial charge < -0.3 is 15.6 Å². The van der Waals surface area contributed by atoms with E-state index < -0.39 is 6.10 Å². The predicted molar refractivity (Wildman–Crippen MR) is 66.0 cm³/mol. The first-order valence-corrected chi connectivity index (χ1v) is 6.44. The molecule has 1 rings (SSSR count). The van der Waals surface area contributed by atoms with E-state index in [1.54, 1.807) is 18.3 Å². The van der Waals surface area contributed by atoms with Gasteiger partial charge in [0.25, 0.3) is 0 Å². The molecule has 15 heavy (non-hydrogen) atoms. The lowest BCUT2D eigenvalue weighted by Crippen LogP contribution is -2.27. The van der Waals surface area contributed by atoms with Crippen LogP contribution in [-0.2, 0) is 4.74 Å². The van der Waals surface area contributed by atoms with Gasteiger partial charge in [-0.3, -0.25) is 0 Å². The first kappa shape index (κ1) is 13.1. The summed E-state index contributed by atoms with van der Waals surface area (Å²) in [4.78, 5) is 1.08. The van der Waals surface area contributed by atoms with Gasteiger partial charge in [0.15, 0.2) is 0 Å². The van der Waals surface area contributed by atoms with Gasteiger partial charge in [-0.05, 0) is 41.9 Å². The van der Waals surface area contributed by atoms with E-state index in [0.717, 1.165) is 8.66 Å². The Hall–Kier alpha value is 0.0600. The Labute approximate surface area is 102 Å². The quantitative estimate of drug-likeness (QED) is 0.876. The summed E-state index contributed by atoms with van der Waals surface area (Å²) >= 11 is 5.00. The lowest BCUT2D eigenvalue weighted by Gasteiger charge is -2.22. The van der Waals surface area contributed by atoms with Crippen LogP contribution in [0.4, 0.5) is 0 Å². The van der Waals surface area contributed by atoms with Crippen molar-refractivity contribution in [2.24, 2.45) is 5.73 Å². The highest BCUT2D eigenvalue weighted by atomic mass is 79.9. The average molecular weight is 294 g/mol. The molecule has 0 fully saturated rings. The molecule has 0 aliphatic rings. The zero-order chi connectivity index (χ0) is 11.4. The number of aliphatic hydroxyl groups is 1. The van der Waals surface area contributed by atoms with Gasteiger partial charge in [-0.15, -0.1) is 11.3 Å². The molecular formula is C10H16BrNO2S. The van der Waals surface area contributed by atoms with Crippen molar-refractivity contribution in [2.75, 3.05) is 6.54 Å². The molecule has 86 valence electrons. The highest BCUT2D eigenvalue weighted by Gasteiger charge is 2.18. The van der Waals surface area contributed by atoms with Crippen LogP contribution in [0.2, 0.25) is 0 Å². The van der Waals surface area contributed by atoms with Gasteiger partial charge in [0.2, 0.25) is 0 Å². The first-order valence-electron chi connectivity index (χ1n) is 4.83. The zero-order valence-electron chi connectivity index (χ0n) is 8.81. The number of thiophene rings is 1. The number of rotatable bonds is 5. The van der Waals surface area contributed by atoms with Gasteiger partial charge in [0.05, 0.1) is 16.0 Å². The summed E-state index contributed by atoms with van der Waals surface area (Å²) in [5.41, 5.74) is 5.65. The number of halogens is 1. The monoisotopic (exact) mass is 293 g/mol. The van der Waals surface area contributed by atoms with Crippen LogP contribution in [0, 0.1) is 0 Å². The fourth-order valence-corrected chi connectivity index (χ4v) is 2.59. The van der Waals surface area contributed by atoms with E-state index >= 15 is 0 Å². The summed E-state index contributed by atoms with van der Waals surface area (Å²) in [6.45, 7) is 3.97. The van der Waals surface area contributed by atoms with Crippen molar-refractivity contribution in [3.63, 3.8) is 0 Å². The molecule has 1 aromatic heterocycles. The summed E-state index contributed by atoms with van der Waals surface area (Å²) in [5.74, 6) is 0. The van der Waals surface area contributed by atoms with Gasteiger partial charge in [0, 0.05) is 11.4 Å². The summed E-state index contributed by atoms with van der Waals surface area (Å²) in [6, 6.07) is 3.96. The highest BCUT2D eigenvalue weighted by molar-refractivity contribution is 9.11. The molecule has 0 radical (unpaired) electrons. The first-order chi connectivity index (χ1) is 7.04. The van der Waals surface area contributed by atoms with Gasteiger partial charge in [0.1, 0.15) is 6.10 Å². The molecule has 3 unspecified atom stereocenters. The third kappa shape index (κ3) is 3.85. The second kappa shape index (κ2) is 5.96. The Kier molecular flexibility index (Phi) is 5.22. The molecule has 0 saturated carbocycles. The minimum absolute atomic E-state index is 0.133. The van der Waals surface area contributed by atoms with E-state index in [1.165, 1.54) is 0 Å². The molecule has 3 N–H and O–H groups in total. The molecule has 3 nitrogen and oxygen atoms in total. The van der Waals surface area contributed by atoms with Crippen LogP contribution in [0.25, 0.3) is 0 Å². The van der Waals surface area contributed by atoms with Crippen LogP contribution in [0.15, 0.2) is 15.9 Å². The topological polar surface area (TPSA) is 55.5 Å². The van der Waals surface area contributed by atoms with Crippen LogP contribution < -0.4 is 5.73 Å². The van der Waals surface area contributed by atoms with Crippen molar-refractivity contribution >= 4 is 27.3 Å². The maximum atomic E-state index is 9.35. The number of hydrogen-bond donors (Lipinski definition) is 2. The third-order valence-electron chi connectivity index (χ3n) is 2.18. The molecule has 0 saturated heterocycles. The normalized spacial score (nSPS) is 17.4. The average Bonchev–Trinajstić information content (AvgIpc) is 2.60. The van der Waals surface area contributed by atoms with Crippen molar-refractivity contribution in [1.29, 1.82) is 0 Å². The number of hydrogen-bond acceptors (Lipinski definition) is 4. The number of aliphatic hydroxyl groups excluding tert-OH is 1. The smallest absolute Gasteiger partial charge is 0.104 e. The summed E-state index contributed by atoms with van der Waals surface area (Å²) in [7, 11) is 0. The van der Waals surface area contributed by atoms with Gasteiger partial charge in [-0.25, -0.2) is 0 Å². The van der Waals surface area contributed by atoms with Crippen molar-refractivity contribution in [2.45, 2.75) is 32.2 Å². The summed E-state index contributed by atoms with van der Waals surface area (Å²) < 4.78 is 6.73. The Bertz CT molecular complexity index is 303. The molecule has 3 atom stereocenters. The fourth-order valence-electron chi connectivity index (χ4n) is 1.11. The number of ether oxygens (including phenoxy) is 1. The van der Waals surface area contributed by atoms with Gasteiger partial charge in [-0.2, -0.15) is 0 Å². The molecule has 1 heterocycles. The molecule has 0 aromatic carbocycles. The molecule has 1 aromatic rings. The van der Waals surface area contributed by atoms with E-state index in [-0.39, 0.29) is 12.2 Å². The molecule has 0 aliphatic carbocycles. The summed E-state index contributed by atoms with van der Waals surface area (Å²) in [6.07, 6.45) is -0.826. The second-order valence-corrected chi connectivity index (χ2v) is 5.94. The van der Waals surface area contributed by atoms with Crippen molar-refractivity contribution in [1.82, 2.24) is 0 Å². The minimum atomic E-state index is -0.484. The SMILES string of the molecule is CC(O)C(C)OC(CN)c1ccc(Br)s1. The van der Waals surface area contributed by atoms with E-state index in [0.29, 0.717) is 6.54 Å². The van der Waals surface area contributed by atoms with Crippen molar-refractivity contribution < 1.29 is 9.84 Å². The summed E-state index contributed by atoms with van der Waals surface area (Å²) in [5, 5.41) is 9.35. The van der Waals surface area contributed by atoms with E-state index in [1.807, 2.05) is 19.1 Å². The molecular weight excluding hydrogens is 278 g/mol. The van der Waals surface area contributed by atoms with Crippen molar-refractivity contribution in [3.8, 4) is 0 Å². The Morgan fingerprint density at radius 3 is 2.60 bits per heavy atom. The Balaban J connectivity index is 2.64. The molecule has 0 amide bonds.